The summed E-state index contributed by atoms with van der Waals surface area (Å²) in [5, 5.41) is 9.79. The summed E-state index contributed by atoms with van der Waals surface area (Å²) in [6.45, 7) is 7.85. The monoisotopic (exact) mass is 348 g/mol. The molecule has 25 heavy (non-hydrogen) atoms. The second kappa shape index (κ2) is 6.51. The van der Waals surface area contributed by atoms with Gasteiger partial charge in [-0.15, -0.1) is 0 Å². The minimum Gasteiger partial charge on any atom is -0.396 e. The van der Waals surface area contributed by atoms with Crippen LogP contribution in [0.15, 0.2) is 0 Å². The molecule has 0 bridgehead atoms. The lowest BCUT2D eigenvalue weighted by atomic mass is 9.44. The second-order valence-electron chi connectivity index (χ2n) is 10.6. The van der Waals surface area contributed by atoms with Gasteiger partial charge in [0.25, 0.3) is 0 Å². The van der Waals surface area contributed by atoms with E-state index in [1.165, 1.54) is 57.8 Å². The zero-order valence-corrected chi connectivity index (χ0v) is 17.0. The van der Waals surface area contributed by atoms with Crippen LogP contribution < -0.4 is 0 Å². The van der Waals surface area contributed by atoms with E-state index < -0.39 is 0 Å². The first-order valence-corrected chi connectivity index (χ1v) is 11.1. The van der Waals surface area contributed by atoms with E-state index in [0.29, 0.717) is 29.5 Å². The molecule has 0 heterocycles. The molecule has 9 atom stereocenters. The number of rotatable bonds is 3. The zero-order valence-electron chi connectivity index (χ0n) is 17.0. The van der Waals surface area contributed by atoms with Crippen molar-refractivity contribution in [1.82, 2.24) is 0 Å². The molecule has 0 aliphatic heterocycles. The quantitative estimate of drug-likeness (QED) is 0.751. The Balaban J connectivity index is 1.65. The third-order valence-corrected chi connectivity index (χ3v) is 9.92. The fourth-order valence-corrected chi connectivity index (χ4v) is 8.69. The Labute approximate surface area is 155 Å². The molecule has 4 aliphatic carbocycles. The predicted octanol–water partition coefficient (Wildman–Crippen LogP) is 5.29. The highest BCUT2D eigenvalue weighted by atomic mass is 16.5. The van der Waals surface area contributed by atoms with Crippen molar-refractivity contribution in [2.24, 2.45) is 46.3 Å². The first kappa shape index (κ1) is 18.3. The lowest BCUT2D eigenvalue weighted by molar-refractivity contribution is -0.167. The summed E-state index contributed by atoms with van der Waals surface area (Å²) < 4.78 is 6.11. The summed E-state index contributed by atoms with van der Waals surface area (Å²) in [5.74, 6) is 4.63. The highest BCUT2D eigenvalue weighted by Gasteiger charge is 2.62. The van der Waals surface area contributed by atoms with E-state index in [-0.39, 0.29) is 0 Å². The van der Waals surface area contributed by atoms with Crippen LogP contribution >= 0.6 is 0 Å². The maximum atomic E-state index is 9.79. The number of hydrogen-bond acceptors (Lipinski definition) is 2. The van der Waals surface area contributed by atoms with E-state index in [0.717, 1.165) is 29.6 Å². The van der Waals surface area contributed by atoms with Crippen molar-refractivity contribution in [3.8, 4) is 0 Å². The molecule has 4 rings (SSSR count). The Morgan fingerprint density at radius 2 is 1.72 bits per heavy atom. The molecule has 144 valence electrons. The first-order valence-electron chi connectivity index (χ1n) is 11.1. The van der Waals surface area contributed by atoms with Crippen LogP contribution in [0.4, 0.5) is 0 Å². The van der Waals surface area contributed by atoms with Crippen LogP contribution in [0.3, 0.4) is 0 Å². The van der Waals surface area contributed by atoms with E-state index in [4.69, 9.17) is 4.74 Å². The minimum atomic E-state index is 0.363. The summed E-state index contributed by atoms with van der Waals surface area (Å²) in [4.78, 5) is 0. The van der Waals surface area contributed by atoms with Crippen LogP contribution in [0.25, 0.3) is 0 Å². The van der Waals surface area contributed by atoms with Gasteiger partial charge in [-0.05, 0) is 91.3 Å². The topological polar surface area (TPSA) is 29.5 Å². The Kier molecular flexibility index (Phi) is 4.77. The van der Waals surface area contributed by atoms with Gasteiger partial charge in [0.15, 0.2) is 0 Å². The van der Waals surface area contributed by atoms with Crippen molar-refractivity contribution in [2.45, 2.75) is 84.7 Å². The molecular formula is C23H40O2. The Bertz CT molecular complexity index is 490. The van der Waals surface area contributed by atoms with E-state index in [9.17, 15) is 5.11 Å². The number of methoxy groups -OCH3 is 1. The molecule has 4 saturated carbocycles. The normalized spacial score (nSPS) is 53.6. The van der Waals surface area contributed by atoms with Crippen LogP contribution in [-0.4, -0.2) is 24.9 Å². The second-order valence-corrected chi connectivity index (χ2v) is 10.6. The van der Waals surface area contributed by atoms with E-state index in [2.05, 4.69) is 20.8 Å². The lowest BCUT2D eigenvalue weighted by Crippen LogP contribution is -2.57. The molecular weight excluding hydrogens is 308 g/mol. The summed E-state index contributed by atoms with van der Waals surface area (Å²) in [5.41, 5.74) is 0.976. The van der Waals surface area contributed by atoms with Crippen molar-refractivity contribution in [2.75, 3.05) is 13.7 Å². The molecule has 1 unspecified atom stereocenters. The average molecular weight is 349 g/mol. The van der Waals surface area contributed by atoms with Gasteiger partial charge in [-0.25, -0.2) is 0 Å². The van der Waals surface area contributed by atoms with Crippen LogP contribution in [0, 0.1) is 46.3 Å². The number of fused-ring (bicyclic) bond motifs is 5. The minimum absolute atomic E-state index is 0.363. The maximum absolute atomic E-state index is 9.79. The third-order valence-electron chi connectivity index (χ3n) is 9.92. The molecule has 0 aromatic heterocycles. The summed E-state index contributed by atoms with van der Waals surface area (Å²) in [6, 6.07) is 0. The van der Waals surface area contributed by atoms with Crippen LogP contribution in [-0.2, 0) is 4.74 Å². The number of aliphatic hydroxyl groups is 1. The Morgan fingerprint density at radius 1 is 0.960 bits per heavy atom. The third kappa shape index (κ3) is 2.57. The van der Waals surface area contributed by atoms with Gasteiger partial charge >= 0.3 is 0 Å². The summed E-state index contributed by atoms with van der Waals surface area (Å²) in [6.07, 6.45) is 13.0. The van der Waals surface area contributed by atoms with Gasteiger partial charge in [-0.1, -0.05) is 33.6 Å². The van der Waals surface area contributed by atoms with Crippen LogP contribution in [0.2, 0.25) is 0 Å². The highest BCUT2D eigenvalue weighted by Crippen LogP contribution is 2.68. The van der Waals surface area contributed by atoms with E-state index in [1.807, 2.05) is 7.11 Å². The highest BCUT2D eigenvalue weighted by molar-refractivity contribution is 5.11. The van der Waals surface area contributed by atoms with Gasteiger partial charge in [0.05, 0.1) is 6.10 Å². The Morgan fingerprint density at radius 3 is 2.44 bits per heavy atom. The van der Waals surface area contributed by atoms with E-state index in [1.54, 1.807) is 0 Å². The molecule has 4 fully saturated rings. The lowest BCUT2D eigenvalue weighted by Gasteiger charge is -2.62. The molecule has 2 nitrogen and oxygen atoms in total. The molecule has 4 aliphatic rings. The van der Waals surface area contributed by atoms with Crippen molar-refractivity contribution in [3.05, 3.63) is 0 Å². The van der Waals surface area contributed by atoms with Gasteiger partial charge in [-0.2, -0.15) is 0 Å². The Hall–Kier alpha value is -0.0800. The number of hydrogen-bond donors (Lipinski definition) is 1. The van der Waals surface area contributed by atoms with Gasteiger partial charge < -0.3 is 9.84 Å². The molecule has 0 saturated heterocycles. The van der Waals surface area contributed by atoms with Crippen molar-refractivity contribution in [1.29, 1.82) is 0 Å². The van der Waals surface area contributed by atoms with E-state index >= 15 is 0 Å². The predicted molar refractivity (Wildman–Crippen MR) is 102 cm³/mol. The number of aliphatic hydroxyl groups excluding tert-OH is 1. The van der Waals surface area contributed by atoms with Crippen LogP contribution in [0.1, 0.15) is 78.6 Å². The standard InChI is InChI=1S/C23H40O2/c1-15(14-24)17-8-9-18-16-13-21(25-4)20-7-5-6-11-22(20,2)19(16)10-12-23(17,18)3/h15-21,24H,5-14H2,1-4H3/t15-,16+,17-,18+,19+,20?,21+,22-,23-/m1/s1. The SMILES string of the molecule is CO[C@H]1C[C@H]2[C@@H]3CC[C@H]([C@H](C)CO)[C@@]3(C)CC[C@@H]2[C@@]2(C)CCCCC12. The van der Waals surface area contributed by atoms with Gasteiger partial charge in [0, 0.05) is 13.7 Å². The fourth-order valence-electron chi connectivity index (χ4n) is 8.69. The van der Waals surface area contributed by atoms with Gasteiger partial charge in [0.1, 0.15) is 0 Å². The molecule has 2 heteroatoms. The van der Waals surface area contributed by atoms with Crippen LogP contribution in [0.5, 0.6) is 0 Å². The molecule has 0 aromatic rings. The molecule has 0 spiro atoms. The summed E-state index contributed by atoms with van der Waals surface area (Å²) in [7, 11) is 1.97. The molecule has 0 amide bonds. The van der Waals surface area contributed by atoms with Gasteiger partial charge in [0.2, 0.25) is 0 Å². The molecule has 1 N–H and O–H groups in total. The maximum Gasteiger partial charge on any atom is 0.0607 e. The average Bonchev–Trinajstić information content (AvgIpc) is 2.97. The summed E-state index contributed by atoms with van der Waals surface area (Å²) >= 11 is 0. The zero-order chi connectivity index (χ0) is 17.8. The number of ether oxygens (including phenoxy) is 1. The smallest absolute Gasteiger partial charge is 0.0607 e. The molecule has 0 aromatic carbocycles. The van der Waals surface area contributed by atoms with Gasteiger partial charge in [-0.3, -0.25) is 0 Å². The largest absolute Gasteiger partial charge is 0.396 e. The van der Waals surface area contributed by atoms with Crippen molar-refractivity contribution < 1.29 is 9.84 Å². The van der Waals surface area contributed by atoms with Crippen molar-refractivity contribution in [3.63, 3.8) is 0 Å². The fraction of sp³-hybridized carbons (Fsp3) is 1.00. The molecule has 0 radical (unpaired) electrons. The first-order chi connectivity index (χ1) is 12.0. The van der Waals surface area contributed by atoms with Crippen molar-refractivity contribution >= 4 is 0 Å².